The molecule has 1 unspecified atom stereocenters. The number of methoxy groups -OCH3 is 1. The van der Waals surface area contributed by atoms with Gasteiger partial charge in [0.05, 0.1) is 45.3 Å². The molecule has 4 rings (SSSR count). The number of carbonyl (C=O) groups is 1. The first-order valence-electron chi connectivity index (χ1n) is 11.0. The van der Waals surface area contributed by atoms with Gasteiger partial charge in [0, 0.05) is 11.8 Å². The van der Waals surface area contributed by atoms with Crippen molar-refractivity contribution in [2.45, 2.75) is 28.9 Å². The van der Waals surface area contributed by atoms with Crippen LogP contribution in [0.5, 0.6) is 11.5 Å². The molecule has 0 spiro atoms. The summed E-state index contributed by atoms with van der Waals surface area (Å²) in [4.78, 5) is 19.6. The monoisotopic (exact) mass is 583 g/mol. The summed E-state index contributed by atoms with van der Waals surface area (Å²) in [6.45, 7) is -0.0929. The molecule has 1 N–H and O–H groups in total. The molecular weight excluding hydrogens is 563 g/mol. The van der Waals surface area contributed by atoms with Gasteiger partial charge in [-0.2, -0.15) is 13.2 Å². The third kappa shape index (κ3) is 5.73. The number of alkyl halides is 3. The maximum Gasteiger partial charge on any atom is 0.422 e. The Kier molecular flexibility index (Phi) is 7.66. The highest BCUT2D eigenvalue weighted by Crippen LogP contribution is 2.30. The maximum atomic E-state index is 13.8. The SMILES string of the molecule is COc1ccc(S(=O)(=O)n2c(S(=O)Cc3nccc(OCC(F)(F)F)c3C)nc3ccccc32)cc1C(=O)O. The number of aromatic nitrogens is 3. The lowest BCUT2D eigenvalue weighted by Crippen LogP contribution is -2.20. The molecule has 0 bridgehead atoms. The number of nitrogens with zero attached hydrogens (tertiary/aromatic N) is 3. The van der Waals surface area contributed by atoms with E-state index in [0.29, 0.717) is 0 Å². The van der Waals surface area contributed by atoms with Gasteiger partial charge in [-0.1, -0.05) is 12.1 Å². The second kappa shape index (κ2) is 10.6. The van der Waals surface area contributed by atoms with E-state index < -0.39 is 55.8 Å². The summed E-state index contributed by atoms with van der Waals surface area (Å²) < 4.78 is 89.5. The quantitative estimate of drug-likeness (QED) is 0.311. The van der Waals surface area contributed by atoms with E-state index >= 15 is 0 Å². The van der Waals surface area contributed by atoms with Gasteiger partial charge in [-0.25, -0.2) is 22.2 Å². The molecular formula is C24H20F3N3O7S2. The van der Waals surface area contributed by atoms with Crippen LogP contribution in [-0.4, -0.2) is 57.5 Å². The average molecular weight is 584 g/mol. The van der Waals surface area contributed by atoms with Gasteiger partial charge in [0.25, 0.3) is 10.0 Å². The first kappa shape index (κ1) is 28.0. The van der Waals surface area contributed by atoms with Crippen LogP contribution in [0.1, 0.15) is 21.6 Å². The molecule has 39 heavy (non-hydrogen) atoms. The molecule has 0 radical (unpaired) electrons. The second-order valence-electron chi connectivity index (χ2n) is 8.09. The Morgan fingerprint density at radius 2 is 1.85 bits per heavy atom. The van der Waals surface area contributed by atoms with Gasteiger partial charge in [0.1, 0.15) is 17.1 Å². The van der Waals surface area contributed by atoms with Crippen molar-refractivity contribution in [3.63, 3.8) is 0 Å². The van der Waals surface area contributed by atoms with Gasteiger partial charge in [0.15, 0.2) is 6.61 Å². The van der Waals surface area contributed by atoms with Gasteiger partial charge < -0.3 is 14.6 Å². The Bertz CT molecular complexity index is 1700. The number of hydrogen-bond donors (Lipinski definition) is 1. The van der Waals surface area contributed by atoms with Gasteiger partial charge >= 0.3 is 12.1 Å². The summed E-state index contributed by atoms with van der Waals surface area (Å²) >= 11 is 0. The number of carboxylic acids is 1. The molecule has 0 saturated heterocycles. The third-order valence-electron chi connectivity index (χ3n) is 5.55. The van der Waals surface area contributed by atoms with E-state index in [1.165, 1.54) is 44.5 Å². The molecule has 10 nitrogen and oxygen atoms in total. The van der Waals surface area contributed by atoms with E-state index in [1.807, 2.05) is 0 Å². The summed E-state index contributed by atoms with van der Waals surface area (Å²) in [5.41, 5.74) is 0.188. The molecule has 2 heterocycles. The van der Waals surface area contributed by atoms with Crippen LogP contribution in [0.3, 0.4) is 0 Å². The number of para-hydroxylation sites is 2. The van der Waals surface area contributed by atoms with Crippen molar-refractivity contribution in [3.05, 3.63) is 71.5 Å². The molecule has 4 aromatic rings. The van der Waals surface area contributed by atoms with E-state index in [4.69, 9.17) is 9.47 Å². The first-order valence-corrected chi connectivity index (χ1v) is 13.8. The van der Waals surface area contributed by atoms with Gasteiger partial charge in [-0.15, -0.1) is 0 Å². The van der Waals surface area contributed by atoms with Crippen molar-refractivity contribution in [2.75, 3.05) is 13.7 Å². The van der Waals surface area contributed by atoms with E-state index in [-0.39, 0.29) is 38.9 Å². The van der Waals surface area contributed by atoms with Crippen LogP contribution in [0.15, 0.2) is 64.8 Å². The zero-order chi connectivity index (χ0) is 28.5. The van der Waals surface area contributed by atoms with Gasteiger partial charge in [-0.3, -0.25) is 9.19 Å². The van der Waals surface area contributed by atoms with Crippen LogP contribution in [-0.2, 0) is 26.6 Å². The highest BCUT2D eigenvalue weighted by molar-refractivity contribution is 7.91. The fraction of sp³-hybridized carbons (Fsp3) is 0.208. The molecule has 0 aliphatic rings. The van der Waals surface area contributed by atoms with Crippen LogP contribution in [0.4, 0.5) is 13.2 Å². The number of hydrogen-bond acceptors (Lipinski definition) is 8. The minimum atomic E-state index is -4.57. The molecule has 2 aromatic heterocycles. The van der Waals surface area contributed by atoms with E-state index in [1.54, 1.807) is 12.1 Å². The third-order valence-corrected chi connectivity index (χ3v) is 8.58. The van der Waals surface area contributed by atoms with Crippen molar-refractivity contribution in [1.82, 2.24) is 13.9 Å². The van der Waals surface area contributed by atoms with Crippen LogP contribution in [0.25, 0.3) is 11.0 Å². The van der Waals surface area contributed by atoms with E-state index in [9.17, 15) is 35.7 Å². The molecule has 0 amide bonds. The fourth-order valence-corrected chi connectivity index (χ4v) is 6.76. The van der Waals surface area contributed by atoms with Crippen LogP contribution in [0, 0.1) is 6.92 Å². The van der Waals surface area contributed by atoms with E-state index in [0.717, 1.165) is 16.1 Å². The normalized spacial score (nSPS) is 12.8. The maximum absolute atomic E-state index is 13.8. The number of aromatic carboxylic acids is 1. The van der Waals surface area contributed by atoms with Crippen molar-refractivity contribution < 1.29 is 45.2 Å². The van der Waals surface area contributed by atoms with Gasteiger partial charge in [-0.05, 0) is 43.3 Å². The highest BCUT2D eigenvalue weighted by Gasteiger charge is 2.31. The zero-order valence-corrected chi connectivity index (χ0v) is 21.9. The van der Waals surface area contributed by atoms with Crippen molar-refractivity contribution in [3.8, 4) is 11.5 Å². The smallest absolute Gasteiger partial charge is 0.422 e. The number of carboxylic acid groups (broad SMARTS) is 1. The van der Waals surface area contributed by atoms with Crippen molar-refractivity contribution in [2.24, 2.45) is 0 Å². The standard InChI is InChI=1S/C24H20F3N3O7S2/c1-14-18(28-10-9-20(14)37-13-24(25,26)27)12-38(33)23-29-17-5-3-4-6-19(17)30(23)39(34,35)15-7-8-21(36-2)16(11-15)22(31)32/h3-11H,12-13H2,1-2H3,(H,31,32). The van der Waals surface area contributed by atoms with Crippen LogP contribution < -0.4 is 9.47 Å². The zero-order valence-electron chi connectivity index (χ0n) is 20.3. The fourth-order valence-electron chi connectivity index (χ4n) is 3.69. The second-order valence-corrected chi connectivity index (χ2v) is 11.2. The minimum absolute atomic E-state index is 0.0603. The van der Waals surface area contributed by atoms with Crippen molar-refractivity contribution >= 4 is 37.8 Å². The molecule has 0 aliphatic heterocycles. The minimum Gasteiger partial charge on any atom is -0.496 e. The first-order chi connectivity index (χ1) is 18.3. The summed E-state index contributed by atoms with van der Waals surface area (Å²) in [7, 11) is -5.47. The number of pyridine rings is 1. The number of halogens is 3. The van der Waals surface area contributed by atoms with Crippen LogP contribution >= 0.6 is 0 Å². The lowest BCUT2D eigenvalue weighted by atomic mass is 10.2. The molecule has 0 saturated carbocycles. The number of ether oxygens (including phenoxy) is 2. The molecule has 0 aliphatic carbocycles. The van der Waals surface area contributed by atoms with Gasteiger partial charge in [0.2, 0.25) is 5.16 Å². The number of fused-ring (bicyclic) bond motifs is 1. The molecule has 15 heteroatoms. The molecule has 0 fully saturated rings. The predicted molar refractivity (Wildman–Crippen MR) is 133 cm³/mol. The topological polar surface area (TPSA) is 138 Å². The number of rotatable bonds is 9. The molecule has 1 atom stereocenters. The summed E-state index contributed by atoms with van der Waals surface area (Å²) in [5, 5.41) is 9.12. The summed E-state index contributed by atoms with van der Waals surface area (Å²) in [5.74, 6) is -1.99. The Labute approximate surface area is 222 Å². The summed E-state index contributed by atoms with van der Waals surface area (Å²) in [6, 6.07) is 10.6. The number of imidazole rings is 1. The Morgan fingerprint density at radius 1 is 1.13 bits per heavy atom. The number of benzene rings is 2. The molecule has 2 aromatic carbocycles. The Hall–Kier alpha value is -3.98. The van der Waals surface area contributed by atoms with Crippen molar-refractivity contribution in [1.29, 1.82) is 0 Å². The Balaban J connectivity index is 1.79. The molecule has 206 valence electrons. The Morgan fingerprint density at radius 3 is 2.51 bits per heavy atom. The average Bonchev–Trinajstić information content (AvgIpc) is 3.29. The van der Waals surface area contributed by atoms with Crippen LogP contribution in [0.2, 0.25) is 0 Å². The summed E-state index contributed by atoms with van der Waals surface area (Å²) in [6.07, 6.45) is -3.38. The highest BCUT2D eigenvalue weighted by atomic mass is 32.2. The van der Waals surface area contributed by atoms with E-state index in [2.05, 4.69) is 9.97 Å². The largest absolute Gasteiger partial charge is 0.496 e. The predicted octanol–water partition coefficient (Wildman–Crippen LogP) is 3.93. The lowest BCUT2D eigenvalue weighted by Gasteiger charge is -2.14. The lowest BCUT2D eigenvalue weighted by molar-refractivity contribution is -0.153.